The molecule has 112 valence electrons. The maximum absolute atomic E-state index is 12.6. The quantitative estimate of drug-likeness (QED) is 0.625. The van der Waals surface area contributed by atoms with Crippen molar-refractivity contribution < 1.29 is 22.6 Å². The normalized spacial score (nSPS) is 12.8. The van der Waals surface area contributed by atoms with Gasteiger partial charge in [0.25, 0.3) is 0 Å². The molecule has 0 fully saturated rings. The van der Waals surface area contributed by atoms with Gasteiger partial charge in [0.1, 0.15) is 18.4 Å². The number of hydrogen-bond acceptors (Lipinski definition) is 3. The van der Waals surface area contributed by atoms with Gasteiger partial charge in [-0.3, -0.25) is 5.41 Å². The summed E-state index contributed by atoms with van der Waals surface area (Å²) in [6.45, 7) is 1.20. The average molecular weight is 290 g/mol. The van der Waals surface area contributed by atoms with Crippen LogP contribution in [0.25, 0.3) is 0 Å². The molecule has 1 aromatic rings. The predicted molar refractivity (Wildman–Crippen MR) is 69.3 cm³/mol. The van der Waals surface area contributed by atoms with Crippen molar-refractivity contribution in [2.24, 2.45) is 11.7 Å². The van der Waals surface area contributed by atoms with Gasteiger partial charge in [-0.05, 0) is 24.1 Å². The van der Waals surface area contributed by atoms with Gasteiger partial charge in [-0.1, -0.05) is 13.0 Å². The maximum Gasteiger partial charge on any atom is 0.401 e. The third kappa shape index (κ3) is 4.04. The average Bonchev–Trinajstić information content (AvgIpc) is 2.37. The van der Waals surface area contributed by atoms with Crippen molar-refractivity contribution in [3.63, 3.8) is 0 Å². The number of methoxy groups -OCH3 is 1. The van der Waals surface area contributed by atoms with Crippen molar-refractivity contribution in [3.8, 4) is 11.5 Å². The second-order valence-corrected chi connectivity index (χ2v) is 4.20. The summed E-state index contributed by atoms with van der Waals surface area (Å²) >= 11 is 0. The summed E-state index contributed by atoms with van der Waals surface area (Å²) in [6.07, 6.45) is -3.84. The van der Waals surface area contributed by atoms with Crippen molar-refractivity contribution >= 4 is 5.84 Å². The summed E-state index contributed by atoms with van der Waals surface area (Å²) in [7, 11) is 1.41. The van der Waals surface area contributed by atoms with E-state index in [1.165, 1.54) is 7.11 Å². The highest BCUT2D eigenvalue weighted by molar-refractivity contribution is 5.80. The number of nitrogens with one attached hydrogen (secondary N) is 1. The molecule has 0 amide bonds. The molecule has 1 rings (SSSR count). The molecule has 3 N–H and O–H groups in total. The van der Waals surface area contributed by atoms with Crippen LogP contribution in [-0.2, 0) is 6.42 Å². The number of ether oxygens (including phenoxy) is 2. The SMILES string of the molecule is CCc1ccc(OCC(C(=N)N)C(F)(F)F)c(OC)c1. The first-order chi connectivity index (χ1) is 9.29. The zero-order chi connectivity index (χ0) is 15.3. The van der Waals surface area contributed by atoms with Crippen LogP contribution in [-0.4, -0.2) is 25.7 Å². The first kappa shape index (κ1) is 16.1. The van der Waals surface area contributed by atoms with Crippen LogP contribution in [0, 0.1) is 11.3 Å². The maximum atomic E-state index is 12.6. The van der Waals surface area contributed by atoms with E-state index in [0.29, 0.717) is 5.75 Å². The van der Waals surface area contributed by atoms with E-state index < -0.39 is 24.5 Å². The highest BCUT2D eigenvalue weighted by Gasteiger charge is 2.42. The van der Waals surface area contributed by atoms with E-state index in [0.717, 1.165) is 12.0 Å². The summed E-state index contributed by atoms with van der Waals surface area (Å²) in [5.41, 5.74) is 5.93. The first-order valence-corrected chi connectivity index (χ1v) is 6.00. The topological polar surface area (TPSA) is 68.3 Å². The van der Waals surface area contributed by atoms with Crippen LogP contribution < -0.4 is 15.2 Å². The molecule has 20 heavy (non-hydrogen) atoms. The lowest BCUT2D eigenvalue weighted by Gasteiger charge is -2.20. The number of hydrogen-bond donors (Lipinski definition) is 2. The molecule has 0 saturated carbocycles. The molecule has 0 saturated heterocycles. The van der Waals surface area contributed by atoms with Gasteiger partial charge in [0.2, 0.25) is 0 Å². The molecule has 0 spiro atoms. The van der Waals surface area contributed by atoms with Crippen LogP contribution >= 0.6 is 0 Å². The Morgan fingerprint density at radius 1 is 1.35 bits per heavy atom. The van der Waals surface area contributed by atoms with E-state index in [9.17, 15) is 13.2 Å². The summed E-state index contributed by atoms with van der Waals surface area (Å²) in [5, 5.41) is 6.98. The summed E-state index contributed by atoms with van der Waals surface area (Å²) in [6, 6.07) is 4.99. The van der Waals surface area contributed by atoms with Crippen molar-refractivity contribution in [1.29, 1.82) is 5.41 Å². The smallest absolute Gasteiger partial charge is 0.401 e. The van der Waals surface area contributed by atoms with Crippen LogP contribution in [0.4, 0.5) is 13.2 Å². The standard InChI is InChI=1S/C13H17F3N2O2/c1-3-8-4-5-10(11(6-8)19-2)20-7-9(12(17)18)13(14,15)16/h4-6,9H,3,7H2,1-2H3,(H3,17,18). The van der Waals surface area contributed by atoms with E-state index in [1.54, 1.807) is 18.2 Å². The fourth-order valence-corrected chi connectivity index (χ4v) is 1.58. The predicted octanol–water partition coefficient (Wildman–Crippen LogP) is 2.75. The van der Waals surface area contributed by atoms with E-state index in [2.05, 4.69) is 0 Å². The van der Waals surface area contributed by atoms with Gasteiger partial charge in [0.15, 0.2) is 11.5 Å². The largest absolute Gasteiger partial charge is 0.493 e. The Balaban J connectivity index is 2.85. The summed E-state index contributed by atoms with van der Waals surface area (Å²) in [5.74, 6) is -2.55. The van der Waals surface area contributed by atoms with E-state index in [-0.39, 0.29) is 5.75 Å². The molecule has 0 aliphatic heterocycles. The monoisotopic (exact) mass is 290 g/mol. The number of halogens is 3. The van der Waals surface area contributed by atoms with Gasteiger partial charge in [0.05, 0.1) is 7.11 Å². The molecule has 0 aliphatic rings. The molecule has 1 aromatic carbocycles. The highest BCUT2D eigenvalue weighted by atomic mass is 19.4. The lowest BCUT2D eigenvalue weighted by Crippen LogP contribution is -2.39. The molecule has 0 bridgehead atoms. The van der Waals surface area contributed by atoms with Gasteiger partial charge in [-0.2, -0.15) is 13.2 Å². The van der Waals surface area contributed by atoms with Crippen molar-refractivity contribution in [3.05, 3.63) is 23.8 Å². The van der Waals surface area contributed by atoms with Crippen LogP contribution in [0.2, 0.25) is 0 Å². The van der Waals surface area contributed by atoms with Crippen molar-refractivity contribution in [1.82, 2.24) is 0 Å². The molecular formula is C13H17F3N2O2. The third-order valence-corrected chi connectivity index (χ3v) is 2.81. The Morgan fingerprint density at radius 2 is 2.00 bits per heavy atom. The minimum Gasteiger partial charge on any atom is -0.493 e. The number of benzene rings is 1. The molecule has 4 nitrogen and oxygen atoms in total. The van der Waals surface area contributed by atoms with Crippen molar-refractivity contribution in [2.75, 3.05) is 13.7 Å². The number of rotatable bonds is 6. The van der Waals surface area contributed by atoms with Gasteiger partial charge in [0, 0.05) is 0 Å². The fraction of sp³-hybridized carbons (Fsp3) is 0.462. The minimum atomic E-state index is -4.61. The minimum absolute atomic E-state index is 0.195. The van der Waals surface area contributed by atoms with Gasteiger partial charge in [-0.15, -0.1) is 0 Å². The van der Waals surface area contributed by atoms with Crippen LogP contribution in [0.15, 0.2) is 18.2 Å². The number of aryl methyl sites for hydroxylation is 1. The Labute approximate surface area is 115 Å². The number of alkyl halides is 3. The molecular weight excluding hydrogens is 273 g/mol. The second-order valence-electron chi connectivity index (χ2n) is 4.20. The molecule has 1 atom stereocenters. The van der Waals surface area contributed by atoms with E-state index in [4.69, 9.17) is 20.6 Å². The number of nitrogens with two attached hydrogens (primary N) is 1. The Morgan fingerprint density at radius 3 is 2.45 bits per heavy atom. The van der Waals surface area contributed by atoms with Gasteiger partial charge < -0.3 is 15.2 Å². The van der Waals surface area contributed by atoms with E-state index >= 15 is 0 Å². The molecule has 1 unspecified atom stereocenters. The Bertz CT molecular complexity index is 475. The van der Waals surface area contributed by atoms with Gasteiger partial charge in [-0.25, -0.2) is 0 Å². The van der Waals surface area contributed by atoms with Crippen LogP contribution in [0.1, 0.15) is 12.5 Å². The molecule has 0 radical (unpaired) electrons. The zero-order valence-electron chi connectivity index (χ0n) is 11.3. The molecule has 0 aliphatic carbocycles. The van der Waals surface area contributed by atoms with Crippen LogP contribution in [0.3, 0.4) is 0 Å². The third-order valence-electron chi connectivity index (χ3n) is 2.81. The lowest BCUT2D eigenvalue weighted by atomic mass is 10.1. The molecule has 0 heterocycles. The second kappa shape index (κ2) is 6.49. The van der Waals surface area contributed by atoms with Crippen molar-refractivity contribution in [2.45, 2.75) is 19.5 Å². The Hall–Kier alpha value is -1.92. The van der Waals surface area contributed by atoms with Crippen LogP contribution in [0.5, 0.6) is 11.5 Å². The first-order valence-electron chi connectivity index (χ1n) is 6.00. The summed E-state index contributed by atoms with van der Waals surface area (Å²) in [4.78, 5) is 0. The van der Waals surface area contributed by atoms with E-state index in [1.807, 2.05) is 6.92 Å². The van der Waals surface area contributed by atoms with Gasteiger partial charge >= 0.3 is 6.18 Å². The zero-order valence-corrected chi connectivity index (χ0v) is 11.3. The molecule has 0 aromatic heterocycles. The fourth-order valence-electron chi connectivity index (χ4n) is 1.58. The number of amidine groups is 1. The highest BCUT2D eigenvalue weighted by Crippen LogP contribution is 2.31. The molecule has 7 heteroatoms. The Kier molecular flexibility index (Phi) is 5.24. The lowest BCUT2D eigenvalue weighted by molar-refractivity contribution is -0.162. The summed E-state index contributed by atoms with van der Waals surface area (Å²) < 4.78 is 48.1.